The molecule has 0 saturated carbocycles. The predicted octanol–water partition coefficient (Wildman–Crippen LogP) is 2.57. The van der Waals surface area contributed by atoms with Crippen molar-refractivity contribution >= 4 is 6.29 Å². The second-order valence-corrected chi connectivity index (χ2v) is 2.16. The minimum absolute atomic E-state index is 0.708. The van der Waals surface area contributed by atoms with Gasteiger partial charge in [0, 0.05) is 6.42 Å². The molecule has 1 heteroatoms. The molecule has 0 heterocycles. The zero-order valence-corrected chi connectivity index (χ0v) is 6.61. The van der Waals surface area contributed by atoms with Gasteiger partial charge in [-0.15, -0.1) is 6.58 Å². The van der Waals surface area contributed by atoms with Crippen LogP contribution in [0.4, 0.5) is 0 Å². The highest BCUT2D eigenvalue weighted by Crippen LogP contribution is 1.74. The van der Waals surface area contributed by atoms with Gasteiger partial charge in [-0.05, 0) is 20.3 Å². The third-order valence-electron chi connectivity index (χ3n) is 0.407. The Bertz CT molecular complexity index is 70.6. The van der Waals surface area contributed by atoms with E-state index in [4.69, 9.17) is 0 Å². The fraction of sp³-hybridized carbons (Fsp3) is 0.625. The first kappa shape index (κ1) is 11.2. The number of carbonyl (C=O) groups is 1. The molecule has 0 aliphatic carbocycles. The molecule has 1 nitrogen and oxygen atoms in total. The largest absolute Gasteiger partial charge is 0.303 e. The number of rotatable bonds is 2. The van der Waals surface area contributed by atoms with Gasteiger partial charge in [0.05, 0.1) is 0 Å². The quantitative estimate of drug-likeness (QED) is 0.412. The molecule has 0 amide bonds. The topological polar surface area (TPSA) is 17.1 Å². The molecule has 0 unspecified atom stereocenters. The molecule has 0 radical (unpaired) electrons. The second-order valence-electron chi connectivity index (χ2n) is 2.16. The van der Waals surface area contributed by atoms with E-state index < -0.39 is 0 Å². The normalized spacial score (nSPS) is 7.00. The molecule has 0 atom stereocenters. The summed E-state index contributed by atoms with van der Waals surface area (Å²) in [7, 11) is 0. The molecule has 9 heavy (non-hydrogen) atoms. The number of hydrogen-bond acceptors (Lipinski definition) is 1. The molecule has 0 N–H and O–H groups in total. The van der Waals surface area contributed by atoms with Crippen LogP contribution in [0.2, 0.25) is 0 Å². The summed E-state index contributed by atoms with van der Waals surface area (Å²) in [6.45, 7) is 9.48. The lowest BCUT2D eigenvalue weighted by Gasteiger charge is -1.68. The lowest BCUT2D eigenvalue weighted by atomic mass is 10.4. The first-order valence-corrected chi connectivity index (χ1v) is 3.20. The van der Waals surface area contributed by atoms with E-state index >= 15 is 0 Å². The van der Waals surface area contributed by atoms with Crippen molar-refractivity contribution in [1.82, 2.24) is 0 Å². The number of unbranched alkanes of at least 4 members (excludes halogenated alkanes) is 1. The summed E-state index contributed by atoms with van der Waals surface area (Å²) in [4.78, 5) is 9.40. The maximum Gasteiger partial charge on any atom is 0.119 e. The van der Waals surface area contributed by atoms with Gasteiger partial charge in [0.25, 0.3) is 0 Å². The zero-order valence-electron chi connectivity index (χ0n) is 6.61. The Kier molecular flexibility index (Phi) is 13.0. The molecule has 54 valence electrons. The lowest BCUT2D eigenvalue weighted by molar-refractivity contribution is -0.107. The highest BCUT2D eigenvalue weighted by molar-refractivity contribution is 5.48. The SMILES string of the molecule is C=C(C)C.CCCC=O. The first-order valence-electron chi connectivity index (χ1n) is 3.20. The monoisotopic (exact) mass is 128 g/mol. The van der Waals surface area contributed by atoms with Gasteiger partial charge < -0.3 is 4.79 Å². The van der Waals surface area contributed by atoms with Gasteiger partial charge in [0.2, 0.25) is 0 Å². The molecular weight excluding hydrogens is 112 g/mol. The van der Waals surface area contributed by atoms with Crippen molar-refractivity contribution in [3.05, 3.63) is 12.2 Å². The van der Waals surface area contributed by atoms with Crippen molar-refractivity contribution in [3.8, 4) is 0 Å². The minimum atomic E-state index is 0.708. The van der Waals surface area contributed by atoms with E-state index in [0.29, 0.717) is 6.42 Å². The minimum Gasteiger partial charge on any atom is -0.303 e. The van der Waals surface area contributed by atoms with Crippen molar-refractivity contribution in [3.63, 3.8) is 0 Å². The molecule has 0 bridgehead atoms. The van der Waals surface area contributed by atoms with Crippen LogP contribution in [0.25, 0.3) is 0 Å². The van der Waals surface area contributed by atoms with E-state index in [1.54, 1.807) is 0 Å². The molecule has 0 spiro atoms. The highest BCUT2D eigenvalue weighted by Gasteiger charge is 1.66. The highest BCUT2D eigenvalue weighted by atomic mass is 16.1. The average Bonchev–Trinajstić information content (AvgIpc) is 1.66. The van der Waals surface area contributed by atoms with Gasteiger partial charge in [-0.1, -0.05) is 12.5 Å². The molecule has 0 fully saturated rings. The summed E-state index contributed by atoms with van der Waals surface area (Å²) in [6, 6.07) is 0. The van der Waals surface area contributed by atoms with Crippen LogP contribution in [0.3, 0.4) is 0 Å². The van der Waals surface area contributed by atoms with Crippen LogP contribution >= 0.6 is 0 Å². The Morgan fingerprint density at radius 2 is 1.89 bits per heavy atom. The van der Waals surface area contributed by atoms with Gasteiger partial charge in [0.1, 0.15) is 6.29 Å². The Balaban J connectivity index is 0. The van der Waals surface area contributed by atoms with E-state index in [9.17, 15) is 4.79 Å². The van der Waals surface area contributed by atoms with Crippen LogP contribution in [0.1, 0.15) is 33.6 Å². The summed E-state index contributed by atoms with van der Waals surface area (Å²) < 4.78 is 0. The second kappa shape index (κ2) is 10.4. The van der Waals surface area contributed by atoms with Gasteiger partial charge in [-0.25, -0.2) is 0 Å². The van der Waals surface area contributed by atoms with Crippen molar-refractivity contribution < 1.29 is 4.79 Å². The fourth-order valence-electron chi connectivity index (χ4n) is 0.118. The van der Waals surface area contributed by atoms with Crippen LogP contribution < -0.4 is 0 Å². The van der Waals surface area contributed by atoms with Crippen LogP contribution in [0.5, 0.6) is 0 Å². The Morgan fingerprint density at radius 3 is 1.89 bits per heavy atom. The van der Waals surface area contributed by atoms with Gasteiger partial charge >= 0.3 is 0 Å². The maximum atomic E-state index is 9.40. The van der Waals surface area contributed by atoms with Crippen LogP contribution in [-0.2, 0) is 4.79 Å². The van der Waals surface area contributed by atoms with Crippen molar-refractivity contribution in [2.45, 2.75) is 33.6 Å². The molecule has 0 saturated heterocycles. The summed E-state index contributed by atoms with van der Waals surface area (Å²) in [5.74, 6) is 0. The van der Waals surface area contributed by atoms with Crippen LogP contribution in [0, 0.1) is 0 Å². The van der Waals surface area contributed by atoms with Gasteiger partial charge in [-0.2, -0.15) is 0 Å². The molecule has 0 rings (SSSR count). The van der Waals surface area contributed by atoms with Crippen LogP contribution in [0.15, 0.2) is 12.2 Å². The van der Waals surface area contributed by atoms with E-state index in [0.717, 1.165) is 12.7 Å². The van der Waals surface area contributed by atoms with Crippen molar-refractivity contribution in [1.29, 1.82) is 0 Å². The third-order valence-corrected chi connectivity index (χ3v) is 0.407. The number of hydrogen-bond donors (Lipinski definition) is 0. The fourth-order valence-corrected chi connectivity index (χ4v) is 0.118. The van der Waals surface area contributed by atoms with Crippen LogP contribution in [-0.4, -0.2) is 6.29 Å². The summed E-state index contributed by atoms with van der Waals surface area (Å²) in [6.07, 6.45) is 2.61. The van der Waals surface area contributed by atoms with E-state index in [1.807, 2.05) is 20.8 Å². The van der Waals surface area contributed by atoms with Gasteiger partial charge in [0.15, 0.2) is 0 Å². The molecular formula is C8H16O. The van der Waals surface area contributed by atoms with E-state index in [1.165, 1.54) is 5.57 Å². The molecule has 0 aliphatic heterocycles. The van der Waals surface area contributed by atoms with Crippen molar-refractivity contribution in [2.24, 2.45) is 0 Å². The number of allylic oxidation sites excluding steroid dienone is 1. The summed E-state index contributed by atoms with van der Waals surface area (Å²) >= 11 is 0. The summed E-state index contributed by atoms with van der Waals surface area (Å²) in [5.41, 5.74) is 1.17. The Hall–Kier alpha value is -0.590. The summed E-state index contributed by atoms with van der Waals surface area (Å²) in [5, 5.41) is 0. The zero-order chi connectivity index (χ0) is 7.70. The average molecular weight is 128 g/mol. The molecule has 0 aromatic carbocycles. The predicted molar refractivity (Wildman–Crippen MR) is 41.5 cm³/mol. The Labute approximate surface area is 57.8 Å². The maximum absolute atomic E-state index is 9.40. The van der Waals surface area contributed by atoms with Crippen molar-refractivity contribution in [2.75, 3.05) is 0 Å². The molecule has 0 aromatic rings. The van der Waals surface area contributed by atoms with E-state index in [-0.39, 0.29) is 0 Å². The Morgan fingerprint density at radius 1 is 1.56 bits per heavy atom. The molecule has 0 aromatic heterocycles. The first-order chi connectivity index (χ1) is 4.15. The third kappa shape index (κ3) is 109. The number of aldehydes is 1. The number of carbonyl (C=O) groups excluding carboxylic acids is 1. The molecule has 0 aliphatic rings. The standard InChI is InChI=1S/C4H8O.C4H8/c1-2-3-4-5;1-4(2)3/h4H,2-3H2,1H3;1H2,2-3H3. The lowest BCUT2D eigenvalue weighted by Crippen LogP contribution is -1.64. The smallest absolute Gasteiger partial charge is 0.119 e. The van der Waals surface area contributed by atoms with E-state index in [2.05, 4.69) is 6.58 Å². The van der Waals surface area contributed by atoms with Gasteiger partial charge in [-0.3, -0.25) is 0 Å².